The molecule has 2 heterocycles. The zero-order valence-electron chi connectivity index (χ0n) is 11.1. The minimum absolute atomic E-state index is 0.0136. The topological polar surface area (TPSA) is 53.4 Å². The number of benzene rings is 1. The molecular formula is C16H16N2O2. The van der Waals surface area contributed by atoms with Crippen molar-refractivity contribution in [2.24, 2.45) is 5.41 Å². The molecule has 2 aromatic rings. The quantitative estimate of drug-likeness (QED) is 0.858. The highest BCUT2D eigenvalue weighted by molar-refractivity contribution is 6.05. The zero-order valence-corrected chi connectivity index (χ0v) is 11.1. The first kappa shape index (κ1) is 11.9. The summed E-state index contributed by atoms with van der Waals surface area (Å²) in [6.07, 6.45) is 3.36. The highest BCUT2D eigenvalue weighted by Crippen LogP contribution is 2.52. The van der Waals surface area contributed by atoms with Gasteiger partial charge >= 0.3 is 0 Å². The SMILES string of the molecule is O=C(c1nccc2ccccc12)N1CC(O)C2(CC2)C1. The molecule has 1 N–H and O–H groups in total. The number of hydrogen-bond acceptors (Lipinski definition) is 3. The molecule has 4 rings (SSSR count). The Hall–Kier alpha value is -1.94. The maximum atomic E-state index is 12.7. The summed E-state index contributed by atoms with van der Waals surface area (Å²) in [6.45, 7) is 1.10. The molecule has 0 radical (unpaired) electrons. The third-order valence-electron chi connectivity index (χ3n) is 4.66. The van der Waals surface area contributed by atoms with Crippen molar-refractivity contribution in [2.45, 2.75) is 18.9 Å². The summed E-state index contributed by atoms with van der Waals surface area (Å²) in [7, 11) is 0. The summed E-state index contributed by atoms with van der Waals surface area (Å²) in [6, 6.07) is 9.69. The van der Waals surface area contributed by atoms with Crippen LogP contribution in [-0.2, 0) is 0 Å². The Kier molecular flexibility index (Phi) is 2.39. The fourth-order valence-electron chi connectivity index (χ4n) is 3.20. The number of aliphatic hydroxyl groups excluding tert-OH is 1. The van der Waals surface area contributed by atoms with Gasteiger partial charge in [0.2, 0.25) is 0 Å². The van der Waals surface area contributed by atoms with Gasteiger partial charge in [0.15, 0.2) is 0 Å². The molecule has 1 amide bonds. The molecule has 1 unspecified atom stereocenters. The van der Waals surface area contributed by atoms with Crippen LogP contribution in [-0.4, -0.2) is 40.1 Å². The number of amides is 1. The predicted octanol–water partition coefficient (Wildman–Crippen LogP) is 1.83. The van der Waals surface area contributed by atoms with Crippen LogP contribution in [0.3, 0.4) is 0 Å². The van der Waals surface area contributed by atoms with Crippen molar-refractivity contribution in [2.75, 3.05) is 13.1 Å². The largest absolute Gasteiger partial charge is 0.391 e. The molecular weight excluding hydrogens is 252 g/mol. The van der Waals surface area contributed by atoms with E-state index in [-0.39, 0.29) is 17.4 Å². The maximum Gasteiger partial charge on any atom is 0.273 e. The molecule has 1 aromatic carbocycles. The van der Waals surface area contributed by atoms with Gasteiger partial charge in [-0.05, 0) is 24.3 Å². The molecule has 1 saturated heterocycles. The van der Waals surface area contributed by atoms with Crippen LogP contribution in [0.15, 0.2) is 36.5 Å². The average molecular weight is 268 g/mol. The molecule has 2 aliphatic rings. The van der Waals surface area contributed by atoms with Gasteiger partial charge in [-0.25, -0.2) is 0 Å². The van der Waals surface area contributed by atoms with Crippen LogP contribution in [0.2, 0.25) is 0 Å². The van der Waals surface area contributed by atoms with E-state index in [1.54, 1.807) is 11.1 Å². The van der Waals surface area contributed by atoms with Crippen LogP contribution in [0.25, 0.3) is 10.8 Å². The van der Waals surface area contributed by atoms with Crippen molar-refractivity contribution in [1.82, 2.24) is 9.88 Å². The maximum absolute atomic E-state index is 12.7. The lowest BCUT2D eigenvalue weighted by molar-refractivity contribution is 0.0761. The number of aliphatic hydroxyl groups is 1. The van der Waals surface area contributed by atoms with Crippen molar-refractivity contribution in [1.29, 1.82) is 0 Å². The number of fused-ring (bicyclic) bond motifs is 1. The highest BCUT2D eigenvalue weighted by Gasteiger charge is 2.55. The molecule has 102 valence electrons. The van der Waals surface area contributed by atoms with Gasteiger partial charge in [-0.15, -0.1) is 0 Å². The molecule has 4 heteroatoms. The Balaban J connectivity index is 1.71. The number of rotatable bonds is 1. The molecule has 2 fully saturated rings. The smallest absolute Gasteiger partial charge is 0.273 e. The second-order valence-electron chi connectivity index (χ2n) is 5.94. The van der Waals surface area contributed by atoms with E-state index in [0.717, 1.165) is 23.6 Å². The van der Waals surface area contributed by atoms with Crippen LogP contribution < -0.4 is 0 Å². The Morgan fingerprint density at radius 3 is 2.85 bits per heavy atom. The first-order valence-corrected chi connectivity index (χ1v) is 7.01. The summed E-state index contributed by atoms with van der Waals surface area (Å²) in [5.41, 5.74) is 0.480. The number of carbonyl (C=O) groups excluding carboxylic acids is 1. The highest BCUT2D eigenvalue weighted by atomic mass is 16.3. The van der Waals surface area contributed by atoms with Crippen molar-refractivity contribution >= 4 is 16.7 Å². The second-order valence-corrected chi connectivity index (χ2v) is 5.94. The van der Waals surface area contributed by atoms with Gasteiger partial charge in [0.05, 0.1) is 6.10 Å². The number of β-amino-alcohol motifs (C(OH)–C–C–N with tert-alkyl or cyclic N) is 1. The van der Waals surface area contributed by atoms with Crippen LogP contribution in [0.5, 0.6) is 0 Å². The van der Waals surface area contributed by atoms with E-state index >= 15 is 0 Å². The molecule has 0 bridgehead atoms. The van der Waals surface area contributed by atoms with Gasteiger partial charge < -0.3 is 10.0 Å². The monoisotopic (exact) mass is 268 g/mol. The van der Waals surface area contributed by atoms with Crippen LogP contribution in [0, 0.1) is 5.41 Å². The van der Waals surface area contributed by atoms with E-state index in [1.165, 1.54) is 0 Å². The van der Waals surface area contributed by atoms with Gasteiger partial charge in [0.1, 0.15) is 5.69 Å². The van der Waals surface area contributed by atoms with E-state index in [2.05, 4.69) is 4.98 Å². The minimum Gasteiger partial charge on any atom is -0.391 e. The summed E-state index contributed by atoms with van der Waals surface area (Å²) in [4.78, 5) is 18.7. The number of nitrogens with zero attached hydrogens (tertiary/aromatic N) is 2. The predicted molar refractivity (Wildman–Crippen MR) is 75.3 cm³/mol. The van der Waals surface area contributed by atoms with Crippen molar-refractivity contribution in [3.63, 3.8) is 0 Å². The lowest BCUT2D eigenvalue weighted by Gasteiger charge is -2.16. The zero-order chi connectivity index (χ0) is 13.7. The van der Waals surface area contributed by atoms with E-state index in [0.29, 0.717) is 18.8 Å². The normalized spacial score (nSPS) is 23.4. The van der Waals surface area contributed by atoms with E-state index in [4.69, 9.17) is 0 Å². The van der Waals surface area contributed by atoms with Crippen molar-refractivity contribution in [3.8, 4) is 0 Å². The van der Waals surface area contributed by atoms with Crippen molar-refractivity contribution in [3.05, 3.63) is 42.2 Å². The number of pyridine rings is 1. The Morgan fingerprint density at radius 1 is 1.30 bits per heavy atom. The third-order valence-corrected chi connectivity index (χ3v) is 4.66. The Bertz CT molecular complexity index is 688. The molecule has 4 nitrogen and oxygen atoms in total. The van der Waals surface area contributed by atoms with Gasteiger partial charge in [0.25, 0.3) is 5.91 Å². The molecule has 20 heavy (non-hydrogen) atoms. The van der Waals surface area contributed by atoms with Gasteiger partial charge in [0, 0.05) is 30.1 Å². The molecule has 1 aliphatic carbocycles. The van der Waals surface area contributed by atoms with Gasteiger partial charge in [-0.1, -0.05) is 24.3 Å². The Labute approximate surface area is 117 Å². The molecule has 1 atom stereocenters. The molecule has 1 aliphatic heterocycles. The fourth-order valence-corrected chi connectivity index (χ4v) is 3.20. The van der Waals surface area contributed by atoms with Crippen LogP contribution >= 0.6 is 0 Å². The lowest BCUT2D eigenvalue weighted by atomic mass is 10.0. The minimum atomic E-state index is -0.374. The number of carbonyl (C=O) groups is 1. The van der Waals surface area contributed by atoms with Crippen LogP contribution in [0.4, 0.5) is 0 Å². The summed E-state index contributed by atoms with van der Waals surface area (Å²) >= 11 is 0. The molecule has 1 spiro atoms. The number of likely N-dealkylation sites (tertiary alicyclic amines) is 1. The van der Waals surface area contributed by atoms with Crippen LogP contribution in [0.1, 0.15) is 23.3 Å². The first-order valence-electron chi connectivity index (χ1n) is 7.01. The van der Waals surface area contributed by atoms with Gasteiger partial charge in [-0.3, -0.25) is 9.78 Å². The standard InChI is InChI=1S/C16H16N2O2/c19-13-9-18(10-16(13)6-7-16)15(20)14-12-4-2-1-3-11(12)5-8-17-14/h1-5,8,13,19H,6-7,9-10H2. The third kappa shape index (κ3) is 1.64. The molecule has 1 aromatic heterocycles. The van der Waals surface area contributed by atoms with E-state index < -0.39 is 0 Å². The summed E-state index contributed by atoms with van der Waals surface area (Å²) in [5.74, 6) is -0.0652. The fraction of sp³-hybridized carbons (Fsp3) is 0.375. The van der Waals surface area contributed by atoms with Gasteiger partial charge in [-0.2, -0.15) is 0 Å². The van der Waals surface area contributed by atoms with E-state index in [1.807, 2.05) is 30.3 Å². The summed E-state index contributed by atoms with van der Waals surface area (Å²) in [5, 5.41) is 12.0. The lowest BCUT2D eigenvalue weighted by Crippen LogP contribution is -2.30. The van der Waals surface area contributed by atoms with Crippen molar-refractivity contribution < 1.29 is 9.90 Å². The number of hydrogen-bond donors (Lipinski definition) is 1. The summed E-state index contributed by atoms with van der Waals surface area (Å²) < 4.78 is 0. The second kappa shape index (κ2) is 4.03. The van der Waals surface area contributed by atoms with E-state index in [9.17, 15) is 9.90 Å². The number of aromatic nitrogens is 1. The Morgan fingerprint density at radius 2 is 2.10 bits per heavy atom. The average Bonchev–Trinajstić information content (AvgIpc) is 3.18. The molecule has 1 saturated carbocycles. The first-order chi connectivity index (χ1) is 9.70.